The SMILES string of the molecule is CCC/C=C/C(=O)N(CC/C=C\C/C=C\C/C=C\CCCC(=O)NC1CC1)C(C)C. The van der Waals surface area contributed by atoms with Crippen molar-refractivity contribution in [2.24, 2.45) is 0 Å². The van der Waals surface area contributed by atoms with Crippen molar-refractivity contribution in [2.75, 3.05) is 6.54 Å². The van der Waals surface area contributed by atoms with E-state index in [0.29, 0.717) is 12.5 Å². The third-order valence-electron chi connectivity index (χ3n) is 4.92. The van der Waals surface area contributed by atoms with Gasteiger partial charge in [0.15, 0.2) is 0 Å². The van der Waals surface area contributed by atoms with Crippen LogP contribution in [0.5, 0.6) is 0 Å². The smallest absolute Gasteiger partial charge is 0.246 e. The van der Waals surface area contributed by atoms with Gasteiger partial charge in [-0.05, 0) is 71.3 Å². The summed E-state index contributed by atoms with van der Waals surface area (Å²) in [6.45, 7) is 7.00. The standard InChI is InChI=1S/C26H42N2O2/c1-4-5-15-19-26(30)28(23(2)3)22-17-14-12-10-8-6-7-9-11-13-16-18-25(29)27-24-20-21-24/h6,8-9,11-12,14-15,19,23-24H,4-5,7,10,13,16-18,20-22H2,1-3H3,(H,27,29)/b8-6-,11-9-,14-12-,19-15+. The molecule has 0 aromatic heterocycles. The molecule has 1 aliphatic rings. The highest BCUT2D eigenvalue weighted by Crippen LogP contribution is 2.18. The number of hydrogen-bond acceptors (Lipinski definition) is 2. The van der Waals surface area contributed by atoms with E-state index < -0.39 is 0 Å². The Balaban J connectivity index is 2.07. The molecule has 1 fully saturated rings. The molecule has 1 N–H and O–H groups in total. The predicted molar refractivity (Wildman–Crippen MR) is 127 cm³/mol. The maximum absolute atomic E-state index is 12.2. The minimum absolute atomic E-state index is 0.113. The van der Waals surface area contributed by atoms with Crippen molar-refractivity contribution in [1.29, 1.82) is 0 Å². The van der Waals surface area contributed by atoms with Crippen LogP contribution in [0.4, 0.5) is 0 Å². The highest BCUT2D eigenvalue weighted by Gasteiger charge is 2.22. The maximum atomic E-state index is 12.2. The lowest BCUT2D eigenvalue weighted by atomic mass is 10.2. The molecule has 4 nitrogen and oxygen atoms in total. The molecule has 2 amide bonds. The normalized spacial score (nSPS) is 14.7. The maximum Gasteiger partial charge on any atom is 0.246 e. The van der Waals surface area contributed by atoms with E-state index in [-0.39, 0.29) is 17.9 Å². The van der Waals surface area contributed by atoms with Gasteiger partial charge in [0.1, 0.15) is 0 Å². The fourth-order valence-electron chi connectivity index (χ4n) is 2.97. The van der Waals surface area contributed by atoms with Crippen LogP contribution in [0.3, 0.4) is 0 Å². The van der Waals surface area contributed by atoms with E-state index in [4.69, 9.17) is 0 Å². The molecule has 0 aliphatic heterocycles. The van der Waals surface area contributed by atoms with E-state index in [1.165, 1.54) is 0 Å². The lowest BCUT2D eigenvalue weighted by molar-refractivity contribution is -0.127. The molecule has 0 atom stereocenters. The summed E-state index contributed by atoms with van der Waals surface area (Å²) in [5.41, 5.74) is 0. The van der Waals surface area contributed by atoms with E-state index in [1.807, 2.05) is 11.0 Å². The molecule has 0 unspecified atom stereocenters. The number of hydrogen-bond donors (Lipinski definition) is 1. The van der Waals surface area contributed by atoms with E-state index in [1.54, 1.807) is 6.08 Å². The number of nitrogens with one attached hydrogen (secondary N) is 1. The topological polar surface area (TPSA) is 49.4 Å². The zero-order valence-electron chi connectivity index (χ0n) is 19.3. The Morgan fingerprint density at radius 3 is 2.17 bits per heavy atom. The van der Waals surface area contributed by atoms with Crippen LogP contribution in [-0.2, 0) is 9.59 Å². The van der Waals surface area contributed by atoms with Gasteiger partial charge < -0.3 is 10.2 Å². The molecular formula is C26H42N2O2. The van der Waals surface area contributed by atoms with E-state index in [9.17, 15) is 9.59 Å². The third kappa shape index (κ3) is 14.0. The molecule has 0 aromatic carbocycles. The van der Waals surface area contributed by atoms with Gasteiger partial charge in [0.05, 0.1) is 0 Å². The molecule has 1 saturated carbocycles. The molecule has 4 heteroatoms. The highest BCUT2D eigenvalue weighted by atomic mass is 16.2. The van der Waals surface area contributed by atoms with Crippen LogP contribution < -0.4 is 5.32 Å². The monoisotopic (exact) mass is 414 g/mol. The molecular weight excluding hydrogens is 372 g/mol. The summed E-state index contributed by atoms with van der Waals surface area (Å²) in [5.74, 6) is 0.313. The Labute approximate surface area is 184 Å². The number of amides is 2. The largest absolute Gasteiger partial charge is 0.353 e. The Morgan fingerprint density at radius 1 is 0.933 bits per heavy atom. The van der Waals surface area contributed by atoms with E-state index >= 15 is 0 Å². The van der Waals surface area contributed by atoms with Crippen LogP contribution in [0.25, 0.3) is 0 Å². The summed E-state index contributed by atoms with van der Waals surface area (Å²) in [5, 5.41) is 3.02. The molecule has 0 spiro atoms. The van der Waals surface area contributed by atoms with Crippen molar-refractivity contribution in [3.63, 3.8) is 0 Å². The molecule has 0 bridgehead atoms. The number of unbranched alkanes of at least 4 members (excludes halogenated alkanes) is 2. The summed E-state index contributed by atoms with van der Waals surface area (Å²) in [6.07, 6.45) is 26.3. The summed E-state index contributed by atoms with van der Waals surface area (Å²) in [6, 6.07) is 0.688. The molecule has 0 aromatic rings. The van der Waals surface area contributed by atoms with Crippen LogP contribution in [-0.4, -0.2) is 35.3 Å². The minimum atomic E-state index is 0.113. The fraction of sp³-hybridized carbons (Fsp3) is 0.615. The predicted octanol–water partition coefficient (Wildman–Crippen LogP) is 5.87. The van der Waals surface area contributed by atoms with Gasteiger partial charge in [0, 0.05) is 25.0 Å². The number of nitrogens with zero attached hydrogens (tertiary/aromatic N) is 1. The molecule has 1 rings (SSSR count). The third-order valence-corrected chi connectivity index (χ3v) is 4.92. The summed E-state index contributed by atoms with van der Waals surface area (Å²) in [7, 11) is 0. The summed E-state index contributed by atoms with van der Waals surface area (Å²) < 4.78 is 0. The lowest BCUT2D eigenvalue weighted by Crippen LogP contribution is -2.36. The second kappa shape index (κ2) is 16.7. The first kappa shape index (κ1) is 25.9. The van der Waals surface area contributed by atoms with Gasteiger partial charge in [-0.1, -0.05) is 55.9 Å². The Kier molecular flexibility index (Phi) is 14.4. The zero-order chi connectivity index (χ0) is 22.0. The van der Waals surface area contributed by atoms with Crippen LogP contribution in [0.1, 0.15) is 85.0 Å². The van der Waals surface area contributed by atoms with Crippen molar-refractivity contribution >= 4 is 11.8 Å². The number of rotatable bonds is 16. The van der Waals surface area contributed by atoms with Crippen molar-refractivity contribution in [3.05, 3.63) is 48.6 Å². The minimum Gasteiger partial charge on any atom is -0.353 e. The first-order chi connectivity index (χ1) is 14.5. The summed E-state index contributed by atoms with van der Waals surface area (Å²) in [4.78, 5) is 25.7. The summed E-state index contributed by atoms with van der Waals surface area (Å²) >= 11 is 0. The second-order valence-electron chi connectivity index (χ2n) is 8.22. The van der Waals surface area contributed by atoms with Gasteiger partial charge in [-0.3, -0.25) is 9.59 Å². The van der Waals surface area contributed by atoms with Gasteiger partial charge in [-0.15, -0.1) is 0 Å². The van der Waals surface area contributed by atoms with Crippen LogP contribution in [0.2, 0.25) is 0 Å². The quantitative estimate of drug-likeness (QED) is 0.195. The zero-order valence-corrected chi connectivity index (χ0v) is 19.3. The number of allylic oxidation sites excluding steroid dienone is 6. The molecule has 0 heterocycles. The first-order valence-electron chi connectivity index (χ1n) is 11.8. The lowest BCUT2D eigenvalue weighted by Gasteiger charge is -2.25. The van der Waals surface area contributed by atoms with Gasteiger partial charge in [-0.25, -0.2) is 0 Å². The van der Waals surface area contributed by atoms with E-state index in [0.717, 1.165) is 64.3 Å². The van der Waals surface area contributed by atoms with Crippen LogP contribution >= 0.6 is 0 Å². The van der Waals surface area contributed by atoms with Gasteiger partial charge in [0.2, 0.25) is 11.8 Å². The van der Waals surface area contributed by atoms with Crippen molar-refractivity contribution in [1.82, 2.24) is 10.2 Å². The van der Waals surface area contributed by atoms with Crippen LogP contribution in [0, 0.1) is 0 Å². The fourth-order valence-corrected chi connectivity index (χ4v) is 2.97. The van der Waals surface area contributed by atoms with Gasteiger partial charge >= 0.3 is 0 Å². The van der Waals surface area contributed by atoms with Gasteiger partial charge in [-0.2, -0.15) is 0 Å². The average molecular weight is 415 g/mol. The molecule has 30 heavy (non-hydrogen) atoms. The molecule has 0 radical (unpaired) electrons. The molecule has 0 saturated heterocycles. The van der Waals surface area contributed by atoms with Crippen molar-refractivity contribution < 1.29 is 9.59 Å². The first-order valence-corrected chi connectivity index (χ1v) is 11.8. The number of carbonyl (C=O) groups is 2. The van der Waals surface area contributed by atoms with Crippen LogP contribution in [0.15, 0.2) is 48.6 Å². The Hall–Kier alpha value is -2.10. The molecule has 168 valence electrons. The molecule has 1 aliphatic carbocycles. The van der Waals surface area contributed by atoms with Crippen molar-refractivity contribution in [2.45, 2.75) is 97.1 Å². The van der Waals surface area contributed by atoms with Gasteiger partial charge in [0.25, 0.3) is 0 Å². The average Bonchev–Trinajstić information content (AvgIpc) is 3.52. The Bertz CT molecular complexity index is 598. The van der Waals surface area contributed by atoms with Crippen molar-refractivity contribution in [3.8, 4) is 0 Å². The Morgan fingerprint density at radius 2 is 1.57 bits per heavy atom. The highest BCUT2D eigenvalue weighted by molar-refractivity contribution is 5.87. The van der Waals surface area contributed by atoms with E-state index in [2.05, 4.69) is 62.5 Å². The number of carbonyl (C=O) groups excluding carboxylic acids is 2. The second-order valence-corrected chi connectivity index (χ2v) is 8.22.